The Morgan fingerprint density at radius 1 is 1.31 bits per heavy atom. The highest BCUT2D eigenvalue weighted by atomic mass is 32.2. The van der Waals surface area contributed by atoms with Gasteiger partial charge < -0.3 is 5.11 Å². The lowest BCUT2D eigenvalue weighted by Gasteiger charge is -2.21. The number of fused-ring (bicyclic) bond motifs is 1. The fourth-order valence-electron chi connectivity index (χ4n) is 1.91. The number of aliphatic hydroxyl groups is 1. The van der Waals surface area contributed by atoms with Crippen molar-refractivity contribution in [2.75, 3.05) is 5.75 Å². The molecule has 88 valence electrons. The molecule has 5 heteroatoms. The first kappa shape index (κ1) is 11.6. The van der Waals surface area contributed by atoms with Crippen LogP contribution in [0.15, 0.2) is 24.3 Å². The number of hydrogen-bond donors (Lipinski definition) is 1. The maximum atomic E-state index is 11.3. The molecular weight excluding hydrogens is 228 g/mol. The predicted octanol–water partition coefficient (Wildman–Crippen LogP) is 0.840. The summed E-state index contributed by atoms with van der Waals surface area (Å²) < 4.78 is 27.5. The van der Waals surface area contributed by atoms with Crippen LogP contribution in [0, 0.1) is 0 Å². The van der Waals surface area contributed by atoms with Crippen molar-refractivity contribution in [3.8, 4) is 0 Å². The smallest absolute Gasteiger partial charge is 0.269 e. The first-order valence-corrected chi connectivity index (χ1v) is 6.74. The second-order valence-corrected chi connectivity index (χ2v) is 5.86. The van der Waals surface area contributed by atoms with Crippen molar-refractivity contribution < 1.29 is 17.7 Å². The maximum absolute atomic E-state index is 11.3. The number of benzene rings is 1. The standard InChI is InChI=1S/C11H14O4S/c1-2-16(13,14)15-11(12)7-9-5-3-4-6-10(9)8-11/h3-6,12H,2,7-8H2,1H3. The van der Waals surface area contributed by atoms with Gasteiger partial charge in [-0.1, -0.05) is 24.3 Å². The van der Waals surface area contributed by atoms with Gasteiger partial charge >= 0.3 is 0 Å². The first-order chi connectivity index (χ1) is 7.44. The second kappa shape index (κ2) is 3.84. The van der Waals surface area contributed by atoms with Gasteiger partial charge in [0.25, 0.3) is 10.1 Å². The summed E-state index contributed by atoms with van der Waals surface area (Å²) in [7, 11) is -3.63. The van der Waals surface area contributed by atoms with Crippen LogP contribution in [0.3, 0.4) is 0 Å². The van der Waals surface area contributed by atoms with Crippen LogP contribution in [0.2, 0.25) is 0 Å². The molecule has 0 atom stereocenters. The van der Waals surface area contributed by atoms with Gasteiger partial charge in [-0.05, 0) is 18.1 Å². The molecule has 1 aromatic rings. The zero-order valence-electron chi connectivity index (χ0n) is 9.01. The molecule has 1 aliphatic rings. The molecule has 0 unspecified atom stereocenters. The van der Waals surface area contributed by atoms with Gasteiger partial charge in [0.2, 0.25) is 0 Å². The molecule has 0 saturated heterocycles. The summed E-state index contributed by atoms with van der Waals surface area (Å²) in [5, 5.41) is 10.1. The van der Waals surface area contributed by atoms with Gasteiger partial charge in [-0.3, -0.25) is 0 Å². The molecule has 0 spiro atoms. The minimum atomic E-state index is -3.63. The van der Waals surface area contributed by atoms with Crippen molar-refractivity contribution in [1.82, 2.24) is 0 Å². The fourth-order valence-corrected chi connectivity index (χ4v) is 2.62. The van der Waals surface area contributed by atoms with Crippen LogP contribution in [0.25, 0.3) is 0 Å². The minimum Gasteiger partial charge on any atom is -0.364 e. The second-order valence-electron chi connectivity index (χ2n) is 4.00. The Hall–Kier alpha value is -0.910. The monoisotopic (exact) mass is 242 g/mol. The van der Waals surface area contributed by atoms with Crippen molar-refractivity contribution in [2.24, 2.45) is 0 Å². The van der Waals surface area contributed by atoms with Gasteiger partial charge in [0.1, 0.15) is 0 Å². The molecule has 1 aromatic carbocycles. The Morgan fingerprint density at radius 2 is 1.81 bits per heavy atom. The highest BCUT2D eigenvalue weighted by molar-refractivity contribution is 7.86. The largest absolute Gasteiger partial charge is 0.364 e. The van der Waals surface area contributed by atoms with Crippen molar-refractivity contribution in [2.45, 2.75) is 25.6 Å². The van der Waals surface area contributed by atoms with Gasteiger partial charge in [-0.2, -0.15) is 8.42 Å². The van der Waals surface area contributed by atoms with E-state index in [2.05, 4.69) is 0 Å². The summed E-state index contributed by atoms with van der Waals surface area (Å²) in [5.41, 5.74) is 1.88. The van der Waals surface area contributed by atoms with Crippen LogP contribution < -0.4 is 0 Å². The van der Waals surface area contributed by atoms with Crippen LogP contribution in [-0.2, 0) is 27.1 Å². The topological polar surface area (TPSA) is 63.6 Å². The summed E-state index contributed by atoms with van der Waals surface area (Å²) in [6.45, 7) is 1.49. The molecule has 16 heavy (non-hydrogen) atoms. The van der Waals surface area contributed by atoms with Crippen LogP contribution in [-0.4, -0.2) is 25.1 Å². The average Bonchev–Trinajstić information content (AvgIpc) is 2.52. The molecule has 0 fully saturated rings. The zero-order valence-corrected chi connectivity index (χ0v) is 9.83. The third kappa shape index (κ3) is 2.26. The molecule has 1 N–H and O–H groups in total. The van der Waals surface area contributed by atoms with E-state index >= 15 is 0 Å². The number of rotatable bonds is 3. The maximum Gasteiger partial charge on any atom is 0.269 e. The van der Waals surface area contributed by atoms with E-state index in [1.165, 1.54) is 6.92 Å². The van der Waals surface area contributed by atoms with E-state index in [9.17, 15) is 13.5 Å². The Balaban J connectivity index is 2.21. The van der Waals surface area contributed by atoms with Crippen LogP contribution in [0.1, 0.15) is 18.1 Å². The van der Waals surface area contributed by atoms with Crippen LogP contribution in [0.4, 0.5) is 0 Å². The lowest BCUT2D eigenvalue weighted by Crippen LogP contribution is -2.36. The minimum absolute atomic E-state index is 0.133. The zero-order chi connectivity index (χ0) is 11.8. The molecule has 0 aromatic heterocycles. The lowest BCUT2D eigenvalue weighted by atomic mass is 10.1. The molecule has 4 nitrogen and oxygen atoms in total. The third-order valence-electron chi connectivity index (χ3n) is 2.69. The summed E-state index contributed by atoms with van der Waals surface area (Å²) in [4.78, 5) is 0. The summed E-state index contributed by atoms with van der Waals surface area (Å²) in [6, 6.07) is 7.46. The molecular formula is C11H14O4S. The SMILES string of the molecule is CCS(=O)(=O)OC1(O)Cc2ccccc2C1. The molecule has 0 amide bonds. The van der Waals surface area contributed by atoms with Crippen LogP contribution >= 0.6 is 0 Å². The average molecular weight is 242 g/mol. The number of hydrogen-bond acceptors (Lipinski definition) is 4. The summed E-state index contributed by atoms with van der Waals surface area (Å²) in [6.07, 6.45) is 0.449. The van der Waals surface area contributed by atoms with E-state index in [0.717, 1.165) is 11.1 Å². The van der Waals surface area contributed by atoms with E-state index < -0.39 is 15.9 Å². The van der Waals surface area contributed by atoms with E-state index in [0.29, 0.717) is 0 Å². The van der Waals surface area contributed by atoms with Crippen LogP contribution in [0.5, 0.6) is 0 Å². The molecule has 2 rings (SSSR count). The van der Waals surface area contributed by atoms with Gasteiger partial charge in [0, 0.05) is 12.8 Å². The third-order valence-corrected chi connectivity index (χ3v) is 3.96. The lowest BCUT2D eigenvalue weighted by molar-refractivity contribution is -0.123. The molecule has 0 bridgehead atoms. The first-order valence-electron chi connectivity index (χ1n) is 5.17. The quantitative estimate of drug-likeness (QED) is 0.630. The van der Waals surface area contributed by atoms with Gasteiger partial charge in [-0.25, -0.2) is 4.18 Å². The summed E-state index contributed by atoms with van der Waals surface area (Å²) in [5.74, 6) is -1.73. The summed E-state index contributed by atoms with van der Waals surface area (Å²) >= 11 is 0. The highest BCUT2D eigenvalue weighted by Gasteiger charge is 2.39. The Bertz CT molecular complexity index is 467. The van der Waals surface area contributed by atoms with E-state index in [-0.39, 0.29) is 18.6 Å². The van der Waals surface area contributed by atoms with Gasteiger partial charge in [0.15, 0.2) is 5.79 Å². The van der Waals surface area contributed by atoms with E-state index in [1.807, 2.05) is 24.3 Å². The van der Waals surface area contributed by atoms with Crippen molar-refractivity contribution in [1.29, 1.82) is 0 Å². The molecule has 0 radical (unpaired) electrons. The molecule has 0 heterocycles. The van der Waals surface area contributed by atoms with E-state index in [4.69, 9.17) is 4.18 Å². The molecule has 0 aliphatic heterocycles. The Kier molecular flexibility index (Phi) is 2.77. The van der Waals surface area contributed by atoms with Gasteiger partial charge in [-0.15, -0.1) is 0 Å². The normalized spacial score (nSPS) is 18.4. The fraction of sp³-hybridized carbons (Fsp3) is 0.455. The molecule has 0 saturated carbocycles. The molecule has 1 aliphatic carbocycles. The van der Waals surface area contributed by atoms with E-state index in [1.54, 1.807) is 0 Å². The predicted molar refractivity (Wildman–Crippen MR) is 59.3 cm³/mol. The van der Waals surface area contributed by atoms with Crippen molar-refractivity contribution in [3.05, 3.63) is 35.4 Å². The Labute approximate surface area is 95.0 Å². The highest BCUT2D eigenvalue weighted by Crippen LogP contribution is 2.31. The van der Waals surface area contributed by atoms with Crippen molar-refractivity contribution in [3.63, 3.8) is 0 Å². The van der Waals surface area contributed by atoms with Crippen molar-refractivity contribution >= 4 is 10.1 Å². The van der Waals surface area contributed by atoms with Gasteiger partial charge in [0.05, 0.1) is 5.75 Å². The Morgan fingerprint density at radius 3 is 2.25 bits per heavy atom.